The fourth-order valence-electron chi connectivity index (χ4n) is 8.25. The van der Waals surface area contributed by atoms with Crippen LogP contribution >= 0.6 is 0 Å². The van der Waals surface area contributed by atoms with E-state index in [1.165, 1.54) is 60.0 Å². The summed E-state index contributed by atoms with van der Waals surface area (Å²) in [4.78, 5) is 0. The van der Waals surface area contributed by atoms with E-state index in [1.54, 1.807) is 6.26 Å². The first-order chi connectivity index (χ1) is 24.3. The lowest BCUT2D eigenvalue weighted by Gasteiger charge is -2.18. The van der Waals surface area contributed by atoms with Crippen LogP contribution in [0.5, 0.6) is 0 Å². The van der Waals surface area contributed by atoms with Crippen molar-refractivity contribution < 1.29 is 8.83 Å². The highest BCUT2D eigenvalue weighted by molar-refractivity contribution is 6.27. The normalized spacial score (nSPS) is 12.1. The van der Waals surface area contributed by atoms with Gasteiger partial charge in [-0.25, -0.2) is 0 Å². The van der Waals surface area contributed by atoms with Crippen molar-refractivity contribution in [1.82, 2.24) is 4.57 Å². The number of aromatic nitrogens is 1. The van der Waals surface area contributed by atoms with E-state index in [9.17, 15) is 0 Å². The number of hydrogen-bond donors (Lipinski definition) is 0. The molecule has 0 saturated heterocycles. The average Bonchev–Trinajstić information content (AvgIpc) is 3.88. The fraction of sp³-hybridized carbons (Fsp3) is 0. The van der Waals surface area contributed by atoms with Crippen molar-refractivity contribution >= 4 is 76.3 Å². The summed E-state index contributed by atoms with van der Waals surface area (Å²) in [5.74, 6) is 0. The van der Waals surface area contributed by atoms with Gasteiger partial charge in [-0.05, 0) is 92.3 Å². The SMILES string of the molecule is c1ccc(-n2c3ccccc3c3ccc(-c4c5ccccc5c(-c5cccc6oc7c8ccoc8ccc7c56)c5ccccc45)cc32)cc1. The van der Waals surface area contributed by atoms with Crippen LogP contribution in [0.3, 0.4) is 0 Å². The van der Waals surface area contributed by atoms with Gasteiger partial charge in [-0.1, -0.05) is 109 Å². The maximum atomic E-state index is 6.55. The standard InChI is InChI=1S/C46H27NO2/c1-2-11-29(12-3-1)47-39-19-9-8-13-30(39)31-22-21-28(27-40(31)47)43-32-14-4-6-16-34(32)44(35-17-7-5-15-33(35)43)37-18-10-20-42-45(37)38-23-24-41-36(25-26-48-41)46(38)49-42/h1-27H. The molecule has 0 aliphatic heterocycles. The highest BCUT2D eigenvalue weighted by atomic mass is 16.3. The van der Waals surface area contributed by atoms with E-state index in [2.05, 4.69) is 150 Å². The van der Waals surface area contributed by atoms with E-state index < -0.39 is 0 Å². The molecule has 3 aromatic heterocycles. The molecule has 0 aliphatic carbocycles. The van der Waals surface area contributed by atoms with E-state index in [0.717, 1.165) is 44.2 Å². The molecule has 0 unspecified atom stereocenters. The molecule has 49 heavy (non-hydrogen) atoms. The third-order valence-electron chi connectivity index (χ3n) is 10.3. The molecule has 0 amide bonds. The largest absolute Gasteiger partial charge is 0.464 e. The molecular formula is C46H27NO2. The lowest BCUT2D eigenvalue weighted by atomic mass is 9.85. The Labute approximate surface area is 280 Å². The van der Waals surface area contributed by atoms with Gasteiger partial charge in [-0.15, -0.1) is 0 Å². The summed E-state index contributed by atoms with van der Waals surface area (Å²) in [6.07, 6.45) is 1.73. The molecule has 11 rings (SSSR count). The van der Waals surface area contributed by atoms with E-state index in [0.29, 0.717) is 0 Å². The highest BCUT2D eigenvalue weighted by Crippen LogP contribution is 2.48. The Hall–Kier alpha value is -6.58. The van der Waals surface area contributed by atoms with E-state index in [1.807, 2.05) is 12.1 Å². The highest BCUT2D eigenvalue weighted by Gasteiger charge is 2.22. The van der Waals surface area contributed by atoms with Crippen LogP contribution in [0.4, 0.5) is 0 Å². The molecule has 0 saturated carbocycles. The third kappa shape index (κ3) is 3.67. The summed E-state index contributed by atoms with van der Waals surface area (Å²) < 4.78 is 14.7. The fourth-order valence-corrected chi connectivity index (χ4v) is 8.25. The maximum absolute atomic E-state index is 6.55. The molecule has 0 N–H and O–H groups in total. The minimum atomic E-state index is 0.830. The molecule has 11 aromatic rings. The van der Waals surface area contributed by atoms with Crippen LogP contribution in [0, 0.1) is 0 Å². The topological polar surface area (TPSA) is 31.2 Å². The maximum Gasteiger partial charge on any atom is 0.146 e. The lowest BCUT2D eigenvalue weighted by molar-refractivity contribution is 0.615. The Morgan fingerprint density at radius 1 is 0.408 bits per heavy atom. The molecule has 0 spiro atoms. The van der Waals surface area contributed by atoms with Gasteiger partial charge in [0.1, 0.15) is 16.7 Å². The third-order valence-corrected chi connectivity index (χ3v) is 10.3. The molecule has 8 aromatic carbocycles. The van der Waals surface area contributed by atoms with Crippen molar-refractivity contribution in [1.29, 1.82) is 0 Å². The predicted molar refractivity (Wildman–Crippen MR) is 204 cm³/mol. The van der Waals surface area contributed by atoms with Gasteiger partial charge in [0.15, 0.2) is 0 Å². The second kappa shape index (κ2) is 9.96. The number of hydrogen-bond acceptors (Lipinski definition) is 2. The van der Waals surface area contributed by atoms with Gasteiger partial charge in [0.25, 0.3) is 0 Å². The second-order valence-electron chi connectivity index (χ2n) is 12.8. The van der Waals surface area contributed by atoms with Crippen molar-refractivity contribution in [3.05, 3.63) is 164 Å². The minimum absolute atomic E-state index is 0.830. The number of rotatable bonds is 3. The summed E-state index contributed by atoms with van der Waals surface area (Å²) in [7, 11) is 0. The predicted octanol–water partition coefficient (Wildman–Crippen LogP) is 13.1. The Balaban J connectivity index is 1.25. The van der Waals surface area contributed by atoms with Crippen LogP contribution in [-0.2, 0) is 0 Å². The number of para-hydroxylation sites is 2. The van der Waals surface area contributed by atoms with Gasteiger partial charge < -0.3 is 13.4 Å². The zero-order chi connectivity index (χ0) is 32.1. The van der Waals surface area contributed by atoms with Crippen LogP contribution in [0.15, 0.2) is 173 Å². The first kappa shape index (κ1) is 26.5. The molecule has 0 bridgehead atoms. The molecule has 3 heterocycles. The monoisotopic (exact) mass is 625 g/mol. The van der Waals surface area contributed by atoms with E-state index >= 15 is 0 Å². The van der Waals surface area contributed by atoms with E-state index in [4.69, 9.17) is 8.83 Å². The quantitative estimate of drug-likeness (QED) is 0.183. The number of benzene rings is 8. The van der Waals surface area contributed by atoms with Crippen molar-refractivity contribution in [3.8, 4) is 27.9 Å². The Kier molecular flexibility index (Phi) is 5.38. The summed E-state index contributed by atoms with van der Waals surface area (Å²) in [6.45, 7) is 0. The molecule has 3 nitrogen and oxygen atoms in total. The summed E-state index contributed by atoms with van der Waals surface area (Å²) in [6, 6.07) is 56.7. The van der Waals surface area contributed by atoms with Crippen molar-refractivity contribution in [2.75, 3.05) is 0 Å². The molecule has 0 atom stereocenters. The molecule has 0 radical (unpaired) electrons. The van der Waals surface area contributed by atoms with Crippen molar-refractivity contribution in [2.45, 2.75) is 0 Å². The molecular weight excluding hydrogens is 599 g/mol. The summed E-state index contributed by atoms with van der Waals surface area (Å²) >= 11 is 0. The first-order valence-corrected chi connectivity index (χ1v) is 16.7. The van der Waals surface area contributed by atoms with Crippen LogP contribution in [-0.4, -0.2) is 4.57 Å². The van der Waals surface area contributed by atoms with Gasteiger partial charge in [-0.3, -0.25) is 0 Å². The van der Waals surface area contributed by atoms with Gasteiger partial charge in [0, 0.05) is 27.2 Å². The minimum Gasteiger partial charge on any atom is -0.464 e. The lowest BCUT2D eigenvalue weighted by Crippen LogP contribution is -1.94. The van der Waals surface area contributed by atoms with Gasteiger partial charge in [-0.2, -0.15) is 0 Å². The molecule has 0 fully saturated rings. The average molecular weight is 626 g/mol. The van der Waals surface area contributed by atoms with Gasteiger partial charge in [0.2, 0.25) is 0 Å². The summed E-state index contributed by atoms with van der Waals surface area (Å²) in [5, 5.41) is 10.6. The molecule has 3 heteroatoms. The first-order valence-electron chi connectivity index (χ1n) is 16.7. The molecule has 0 aliphatic rings. The van der Waals surface area contributed by atoms with Gasteiger partial charge >= 0.3 is 0 Å². The number of fused-ring (bicyclic) bond motifs is 10. The number of furan rings is 2. The smallest absolute Gasteiger partial charge is 0.146 e. The summed E-state index contributed by atoms with van der Waals surface area (Å²) in [5.41, 5.74) is 10.9. The Morgan fingerprint density at radius 3 is 1.84 bits per heavy atom. The van der Waals surface area contributed by atoms with Crippen LogP contribution < -0.4 is 0 Å². The Morgan fingerprint density at radius 2 is 1.06 bits per heavy atom. The zero-order valence-corrected chi connectivity index (χ0v) is 26.4. The van der Waals surface area contributed by atoms with Gasteiger partial charge in [0.05, 0.1) is 22.7 Å². The van der Waals surface area contributed by atoms with Crippen molar-refractivity contribution in [3.63, 3.8) is 0 Å². The van der Waals surface area contributed by atoms with Crippen LogP contribution in [0.1, 0.15) is 0 Å². The number of nitrogens with zero attached hydrogens (tertiary/aromatic N) is 1. The Bertz CT molecular complexity index is 3050. The van der Waals surface area contributed by atoms with Crippen LogP contribution in [0.25, 0.3) is 104 Å². The second-order valence-corrected chi connectivity index (χ2v) is 12.8. The molecule has 228 valence electrons. The van der Waals surface area contributed by atoms with Crippen molar-refractivity contribution in [2.24, 2.45) is 0 Å². The zero-order valence-electron chi connectivity index (χ0n) is 26.4. The van der Waals surface area contributed by atoms with Crippen LogP contribution in [0.2, 0.25) is 0 Å². The van der Waals surface area contributed by atoms with E-state index in [-0.39, 0.29) is 0 Å².